The lowest BCUT2D eigenvalue weighted by atomic mass is 9.85. The van der Waals surface area contributed by atoms with Gasteiger partial charge in [-0.25, -0.2) is 0 Å². The van der Waals surface area contributed by atoms with Crippen LogP contribution >= 0.6 is 0 Å². The monoisotopic (exact) mass is 502 g/mol. The molecule has 4 N–H and O–H groups in total. The topological polar surface area (TPSA) is 139 Å². The summed E-state index contributed by atoms with van der Waals surface area (Å²) in [4.78, 5) is 63.6. The Balaban J connectivity index is 1.86. The molecule has 9 nitrogen and oxygen atoms in total. The maximum Gasteiger partial charge on any atom is 0.471 e. The molecule has 4 amide bonds. The van der Waals surface area contributed by atoms with Gasteiger partial charge in [0.25, 0.3) is 5.91 Å². The van der Waals surface area contributed by atoms with Crippen LogP contribution in [-0.4, -0.2) is 65.2 Å². The molecule has 3 fully saturated rings. The lowest BCUT2D eigenvalue weighted by Gasteiger charge is -2.38. The standard InChI is InChI=1S/C23H33F3N4O5/c1-21(2,3)16(29-20(35)23(24,25)26)19(34)30-9-11-13(22(11,4)5)14(30)18(33)28-12(8-10-6-7-10)15(31)17(27)32/h10-14,16H,6-9H2,1-5H3,(H2,27,32)(H,28,33)(H,29,35)/t11-,12?,13-,14-,16+/m0/s1. The number of amides is 4. The van der Waals surface area contributed by atoms with Crippen molar-refractivity contribution < 1.29 is 37.1 Å². The third-order valence-electron chi connectivity index (χ3n) is 7.55. The summed E-state index contributed by atoms with van der Waals surface area (Å²) >= 11 is 0. The number of primary amides is 1. The van der Waals surface area contributed by atoms with E-state index in [0.717, 1.165) is 12.8 Å². The summed E-state index contributed by atoms with van der Waals surface area (Å²) in [7, 11) is 0. The van der Waals surface area contributed by atoms with Crippen molar-refractivity contribution in [2.45, 2.75) is 78.2 Å². The molecule has 3 aliphatic rings. The maximum absolute atomic E-state index is 13.5. The number of nitrogens with one attached hydrogen (secondary N) is 2. The summed E-state index contributed by atoms with van der Waals surface area (Å²) in [6.45, 7) is 8.51. The van der Waals surface area contributed by atoms with Crippen LogP contribution in [-0.2, 0) is 24.0 Å². The molecule has 5 atom stereocenters. The van der Waals surface area contributed by atoms with E-state index in [1.54, 1.807) is 5.32 Å². The second-order valence-electron chi connectivity index (χ2n) is 11.6. The van der Waals surface area contributed by atoms with E-state index in [-0.39, 0.29) is 36.1 Å². The average Bonchev–Trinajstić information content (AvgIpc) is 3.55. The third kappa shape index (κ3) is 5.45. The zero-order valence-corrected chi connectivity index (χ0v) is 20.5. The SMILES string of the molecule is CC(C)(C)[C@H](NC(=O)C(F)(F)F)C(=O)N1C[C@H]2[C@@H]([C@H]1C(=O)NC(CC1CC1)C(=O)C(N)=O)C2(C)C. The van der Waals surface area contributed by atoms with Gasteiger partial charge in [-0.3, -0.25) is 24.0 Å². The number of fused-ring (bicyclic) bond motifs is 1. The van der Waals surface area contributed by atoms with Crippen molar-refractivity contribution in [3.63, 3.8) is 0 Å². The molecule has 2 saturated carbocycles. The molecule has 1 saturated heterocycles. The Labute approximate surface area is 201 Å². The second kappa shape index (κ2) is 8.77. The number of hydrogen-bond acceptors (Lipinski definition) is 5. The quantitative estimate of drug-likeness (QED) is 0.424. The molecule has 0 bridgehead atoms. The number of halogens is 3. The molecule has 1 unspecified atom stereocenters. The number of ketones is 1. The van der Waals surface area contributed by atoms with Gasteiger partial charge in [0.05, 0.1) is 6.04 Å². The van der Waals surface area contributed by atoms with E-state index in [1.165, 1.54) is 25.7 Å². The predicted molar refractivity (Wildman–Crippen MR) is 117 cm³/mol. The largest absolute Gasteiger partial charge is 0.471 e. The normalized spacial score (nSPS) is 26.9. The number of Topliss-reactive ketones (excluding diaryl/α,β-unsaturated/α-hetero) is 1. The van der Waals surface area contributed by atoms with E-state index in [9.17, 15) is 37.1 Å². The van der Waals surface area contributed by atoms with Crippen molar-refractivity contribution >= 4 is 29.4 Å². The number of carbonyl (C=O) groups excluding carboxylic acids is 5. The van der Waals surface area contributed by atoms with E-state index in [0.29, 0.717) is 0 Å². The van der Waals surface area contributed by atoms with Crippen LogP contribution in [0.3, 0.4) is 0 Å². The summed E-state index contributed by atoms with van der Waals surface area (Å²) in [5, 5.41) is 4.37. The number of likely N-dealkylation sites (tertiary alicyclic amines) is 1. The van der Waals surface area contributed by atoms with Crippen molar-refractivity contribution in [3.8, 4) is 0 Å². The second-order valence-corrected chi connectivity index (χ2v) is 11.6. The maximum atomic E-state index is 13.5. The van der Waals surface area contributed by atoms with Crippen LogP contribution in [0.4, 0.5) is 13.2 Å². The van der Waals surface area contributed by atoms with E-state index >= 15 is 0 Å². The van der Waals surface area contributed by atoms with Gasteiger partial charge in [-0.15, -0.1) is 0 Å². The summed E-state index contributed by atoms with van der Waals surface area (Å²) in [6, 6.07) is -3.73. The summed E-state index contributed by atoms with van der Waals surface area (Å²) in [5.74, 6) is -6.00. The molecule has 0 aromatic heterocycles. The third-order valence-corrected chi connectivity index (χ3v) is 7.55. The van der Waals surface area contributed by atoms with Gasteiger partial charge in [0, 0.05) is 6.54 Å². The highest BCUT2D eigenvalue weighted by Gasteiger charge is 2.70. The molecule has 12 heteroatoms. The van der Waals surface area contributed by atoms with E-state index < -0.39 is 59.1 Å². The average molecular weight is 503 g/mol. The first-order valence-electron chi connectivity index (χ1n) is 11.7. The van der Waals surface area contributed by atoms with Gasteiger partial charge in [0.15, 0.2) is 0 Å². The van der Waals surface area contributed by atoms with Gasteiger partial charge in [-0.05, 0) is 35.0 Å². The fourth-order valence-electron chi connectivity index (χ4n) is 5.19. The number of rotatable bonds is 8. The molecular weight excluding hydrogens is 469 g/mol. The molecular formula is C23H33F3N4O5. The highest BCUT2D eigenvalue weighted by molar-refractivity contribution is 6.37. The summed E-state index contributed by atoms with van der Waals surface area (Å²) < 4.78 is 38.8. The molecule has 0 radical (unpaired) electrons. The van der Waals surface area contributed by atoms with E-state index in [1.807, 2.05) is 13.8 Å². The molecule has 0 aromatic carbocycles. The molecule has 1 heterocycles. The lowest BCUT2D eigenvalue weighted by Crippen LogP contribution is -2.61. The first-order valence-corrected chi connectivity index (χ1v) is 11.7. The predicted octanol–water partition coefficient (Wildman–Crippen LogP) is 0.902. The van der Waals surface area contributed by atoms with Crippen LogP contribution in [0, 0.1) is 28.6 Å². The molecule has 196 valence electrons. The van der Waals surface area contributed by atoms with Gasteiger partial charge < -0.3 is 21.3 Å². The molecule has 0 aromatic rings. The lowest BCUT2D eigenvalue weighted by molar-refractivity contribution is -0.176. The number of hydrogen-bond donors (Lipinski definition) is 3. The number of nitrogens with zero attached hydrogens (tertiary/aromatic N) is 1. The minimum atomic E-state index is -5.18. The first-order chi connectivity index (χ1) is 15.9. The molecule has 1 aliphatic heterocycles. The highest BCUT2D eigenvalue weighted by atomic mass is 19.4. The van der Waals surface area contributed by atoms with Crippen molar-refractivity contribution in [3.05, 3.63) is 0 Å². The van der Waals surface area contributed by atoms with Crippen molar-refractivity contribution in [1.82, 2.24) is 15.5 Å². The minimum Gasteiger partial charge on any atom is -0.363 e. The van der Waals surface area contributed by atoms with E-state index in [4.69, 9.17) is 5.73 Å². The van der Waals surface area contributed by atoms with Crippen LogP contribution in [0.25, 0.3) is 0 Å². The molecule has 0 spiro atoms. The van der Waals surface area contributed by atoms with Gasteiger partial charge in [0.2, 0.25) is 17.6 Å². The zero-order chi connectivity index (χ0) is 26.7. The van der Waals surface area contributed by atoms with Gasteiger partial charge in [-0.1, -0.05) is 47.5 Å². The minimum absolute atomic E-state index is 0.0742. The van der Waals surface area contributed by atoms with Crippen LogP contribution in [0.2, 0.25) is 0 Å². The fraction of sp³-hybridized carbons (Fsp3) is 0.783. The Bertz CT molecular complexity index is 938. The zero-order valence-electron chi connectivity index (χ0n) is 20.5. The van der Waals surface area contributed by atoms with Crippen LogP contribution < -0.4 is 16.4 Å². The van der Waals surface area contributed by atoms with Gasteiger partial charge in [-0.2, -0.15) is 13.2 Å². The Kier molecular flexibility index (Phi) is 6.75. The van der Waals surface area contributed by atoms with Crippen molar-refractivity contribution in [2.75, 3.05) is 6.54 Å². The summed E-state index contributed by atoms with van der Waals surface area (Å²) in [5.41, 5.74) is 3.76. The smallest absolute Gasteiger partial charge is 0.363 e. The Morgan fingerprint density at radius 2 is 1.63 bits per heavy atom. The number of piperidine rings is 1. The van der Waals surface area contributed by atoms with Gasteiger partial charge in [0.1, 0.15) is 12.1 Å². The number of carbonyl (C=O) groups is 5. The molecule has 2 aliphatic carbocycles. The van der Waals surface area contributed by atoms with E-state index in [2.05, 4.69) is 5.32 Å². The first kappa shape index (κ1) is 26.9. The Morgan fingerprint density at radius 3 is 2.09 bits per heavy atom. The van der Waals surface area contributed by atoms with Crippen LogP contribution in [0.15, 0.2) is 0 Å². The van der Waals surface area contributed by atoms with Crippen LogP contribution in [0.1, 0.15) is 53.9 Å². The van der Waals surface area contributed by atoms with Crippen molar-refractivity contribution in [1.29, 1.82) is 0 Å². The van der Waals surface area contributed by atoms with Crippen molar-refractivity contribution in [2.24, 2.45) is 34.3 Å². The summed E-state index contributed by atoms with van der Waals surface area (Å²) in [6.07, 6.45) is -3.22. The van der Waals surface area contributed by atoms with Crippen LogP contribution in [0.5, 0.6) is 0 Å². The fourth-order valence-corrected chi connectivity index (χ4v) is 5.19. The Morgan fingerprint density at radius 1 is 1.06 bits per heavy atom. The Hall–Kier alpha value is -2.66. The number of nitrogens with two attached hydrogens (primary N) is 1. The highest BCUT2D eigenvalue weighted by Crippen LogP contribution is 2.65. The molecule has 3 rings (SSSR count). The molecule has 35 heavy (non-hydrogen) atoms. The number of alkyl halides is 3. The van der Waals surface area contributed by atoms with Gasteiger partial charge >= 0.3 is 12.1 Å².